The van der Waals surface area contributed by atoms with Crippen molar-refractivity contribution in [3.8, 4) is 5.75 Å². The van der Waals surface area contributed by atoms with Crippen molar-refractivity contribution in [2.24, 2.45) is 11.8 Å². The summed E-state index contributed by atoms with van der Waals surface area (Å²) in [7, 11) is 1.69. The minimum absolute atomic E-state index is 0.615. The molecule has 0 atom stereocenters. The fourth-order valence-electron chi connectivity index (χ4n) is 3.01. The van der Waals surface area contributed by atoms with E-state index in [2.05, 4.69) is 26.8 Å². The highest BCUT2D eigenvalue weighted by Crippen LogP contribution is 2.50. The summed E-state index contributed by atoms with van der Waals surface area (Å²) < 4.78 is 5.32. The Morgan fingerprint density at radius 3 is 2.33 bits per heavy atom. The molecule has 0 spiro atoms. The zero-order valence-corrected chi connectivity index (χ0v) is 12.1. The molecule has 0 radical (unpaired) electrons. The first-order valence-electron chi connectivity index (χ1n) is 6.75. The molecular formula is C16H24O2. The van der Waals surface area contributed by atoms with E-state index in [0.717, 1.165) is 35.3 Å². The van der Waals surface area contributed by atoms with Crippen LogP contribution in [0.25, 0.3) is 0 Å². The van der Waals surface area contributed by atoms with Crippen LogP contribution in [0.1, 0.15) is 43.4 Å². The lowest BCUT2D eigenvalue weighted by Gasteiger charge is -2.47. The molecule has 0 heterocycles. The molecule has 2 heteroatoms. The quantitative estimate of drug-likeness (QED) is 0.886. The molecule has 0 aliphatic heterocycles. The first kappa shape index (κ1) is 13.4. The van der Waals surface area contributed by atoms with Crippen LogP contribution >= 0.6 is 0 Å². The zero-order chi connectivity index (χ0) is 13.5. The fourth-order valence-corrected chi connectivity index (χ4v) is 3.01. The summed E-state index contributed by atoms with van der Waals surface area (Å²) >= 11 is 0. The smallest absolute Gasteiger partial charge is 0.122 e. The summed E-state index contributed by atoms with van der Waals surface area (Å²) in [4.78, 5) is 0. The van der Waals surface area contributed by atoms with E-state index in [0.29, 0.717) is 11.8 Å². The molecule has 18 heavy (non-hydrogen) atoms. The van der Waals surface area contributed by atoms with Crippen LogP contribution in [0.2, 0.25) is 0 Å². The van der Waals surface area contributed by atoms with Crippen molar-refractivity contribution < 1.29 is 9.84 Å². The van der Waals surface area contributed by atoms with Gasteiger partial charge in [0.05, 0.1) is 12.7 Å². The van der Waals surface area contributed by atoms with Gasteiger partial charge in [-0.2, -0.15) is 0 Å². The standard InChI is InChI=1S/C16H24O2/c1-10(2)13-8-16(17,9-13)14-6-12(4)15(18-5)7-11(14)3/h6-7,10,13,17H,8-9H2,1-5H3. The van der Waals surface area contributed by atoms with Crippen molar-refractivity contribution in [3.05, 3.63) is 28.8 Å². The third-order valence-electron chi connectivity index (χ3n) is 4.39. The number of methoxy groups -OCH3 is 1. The molecule has 100 valence electrons. The second-order valence-electron chi connectivity index (χ2n) is 6.08. The molecule has 1 aromatic carbocycles. The lowest BCUT2D eigenvalue weighted by Crippen LogP contribution is -2.43. The summed E-state index contributed by atoms with van der Waals surface area (Å²) in [6.45, 7) is 8.55. The van der Waals surface area contributed by atoms with Crippen molar-refractivity contribution in [2.45, 2.75) is 46.1 Å². The van der Waals surface area contributed by atoms with Crippen LogP contribution in [-0.4, -0.2) is 12.2 Å². The van der Waals surface area contributed by atoms with E-state index in [9.17, 15) is 5.11 Å². The van der Waals surface area contributed by atoms with Crippen LogP contribution in [-0.2, 0) is 5.60 Å². The maximum atomic E-state index is 10.7. The molecule has 0 amide bonds. The second kappa shape index (κ2) is 4.58. The number of benzene rings is 1. The van der Waals surface area contributed by atoms with Gasteiger partial charge in [-0.3, -0.25) is 0 Å². The predicted molar refractivity (Wildman–Crippen MR) is 73.9 cm³/mol. The molecule has 1 fully saturated rings. The van der Waals surface area contributed by atoms with E-state index in [1.54, 1.807) is 7.11 Å². The van der Waals surface area contributed by atoms with Gasteiger partial charge < -0.3 is 9.84 Å². The lowest BCUT2D eigenvalue weighted by molar-refractivity contribution is -0.0938. The number of aliphatic hydroxyl groups is 1. The SMILES string of the molecule is COc1cc(C)c(C2(O)CC(C(C)C)C2)cc1C. The van der Waals surface area contributed by atoms with Gasteiger partial charge in [0.1, 0.15) is 5.75 Å². The van der Waals surface area contributed by atoms with Crippen molar-refractivity contribution in [1.29, 1.82) is 0 Å². The van der Waals surface area contributed by atoms with E-state index in [1.807, 2.05) is 13.0 Å². The Hall–Kier alpha value is -1.02. The van der Waals surface area contributed by atoms with E-state index < -0.39 is 5.60 Å². The molecule has 1 saturated carbocycles. The Kier molecular flexibility index (Phi) is 3.41. The summed E-state index contributed by atoms with van der Waals surface area (Å²) in [5, 5.41) is 10.7. The molecular weight excluding hydrogens is 224 g/mol. The maximum absolute atomic E-state index is 10.7. The minimum Gasteiger partial charge on any atom is -0.496 e. The Labute approximate surface area is 110 Å². The summed E-state index contributed by atoms with van der Waals surface area (Å²) in [5.41, 5.74) is 2.69. The Morgan fingerprint density at radius 1 is 1.22 bits per heavy atom. The van der Waals surface area contributed by atoms with Gasteiger partial charge in [-0.05, 0) is 67.3 Å². The van der Waals surface area contributed by atoms with Gasteiger partial charge in [-0.25, -0.2) is 0 Å². The average Bonchev–Trinajstić information content (AvgIpc) is 2.27. The Bertz CT molecular complexity index is 443. The molecule has 0 unspecified atom stereocenters. The topological polar surface area (TPSA) is 29.5 Å². The molecule has 0 bridgehead atoms. The summed E-state index contributed by atoms with van der Waals surface area (Å²) in [5.74, 6) is 2.21. The van der Waals surface area contributed by atoms with Crippen LogP contribution < -0.4 is 4.74 Å². The molecule has 1 N–H and O–H groups in total. The molecule has 0 aromatic heterocycles. The fraction of sp³-hybridized carbons (Fsp3) is 0.625. The number of ether oxygens (including phenoxy) is 1. The van der Waals surface area contributed by atoms with E-state index >= 15 is 0 Å². The van der Waals surface area contributed by atoms with E-state index in [-0.39, 0.29) is 0 Å². The molecule has 1 aromatic rings. The Balaban J connectivity index is 2.27. The predicted octanol–water partition coefficient (Wildman–Crippen LogP) is 3.57. The third kappa shape index (κ3) is 2.14. The van der Waals surface area contributed by atoms with Crippen LogP contribution in [0.15, 0.2) is 12.1 Å². The van der Waals surface area contributed by atoms with Crippen molar-refractivity contribution in [1.82, 2.24) is 0 Å². The zero-order valence-electron chi connectivity index (χ0n) is 12.1. The van der Waals surface area contributed by atoms with Crippen LogP contribution in [0, 0.1) is 25.7 Å². The van der Waals surface area contributed by atoms with Crippen molar-refractivity contribution in [2.75, 3.05) is 7.11 Å². The van der Waals surface area contributed by atoms with E-state index in [4.69, 9.17) is 4.74 Å². The average molecular weight is 248 g/mol. The molecule has 2 rings (SSSR count). The van der Waals surface area contributed by atoms with Gasteiger partial charge in [0.25, 0.3) is 0 Å². The van der Waals surface area contributed by atoms with E-state index in [1.165, 1.54) is 0 Å². The number of hydrogen-bond donors (Lipinski definition) is 1. The maximum Gasteiger partial charge on any atom is 0.122 e. The number of aryl methyl sites for hydroxylation is 2. The van der Waals surface area contributed by atoms with Gasteiger partial charge in [0.15, 0.2) is 0 Å². The first-order valence-corrected chi connectivity index (χ1v) is 6.75. The van der Waals surface area contributed by atoms with Crippen LogP contribution in [0.3, 0.4) is 0 Å². The largest absolute Gasteiger partial charge is 0.496 e. The van der Waals surface area contributed by atoms with Gasteiger partial charge in [0.2, 0.25) is 0 Å². The summed E-state index contributed by atoms with van der Waals surface area (Å²) in [6.07, 6.45) is 1.77. The highest BCUT2D eigenvalue weighted by atomic mass is 16.5. The van der Waals surface area contributed by atoms with Crippen LogP contribution in [0.5, 0.6) is 5.75 Å². The Morgan fingerprint density at radius 2 is 1.83 bits per heavy atom. The number of hydrogen-bond acceptors (Lipinski definition) is 2. The second-order valence-corrected chi connectivity index (χ2v) is 6.08. The highest BCUT2D eigenvalue weighted by Gasteiger charge is 2.45. The van der Waals surface area contributed by atoms with Gasteiger partial charge in [0, 0.05) is 0 Å². The van der Waals surface area contributed by atoms with Gasteiger partial charge >= 0.3 is 0 Å². The van der Waals surface area contributed by atoms with Crippen molar-refractivity contribution >= 4 is 0 Å². The minimum atomic E-state index is -0.615. The monoisotopic (exact) mass is 248 g/mol. The molecule has 2 nitrogen and oxygen atoms in total. The summed E-state index contributed by atoms with van der Waals surface area (Å²) in [6, 6.07) is 4.12. The molecule has 0 saturated heterocycles. The third-order valence-corrected chi connectivity index (χ3v) is 4.39. The molecule has 1 aliphatic carbocycles. The van der Waals surface area contributed by atoms with Gasteiger partial charge in [-0.15, -0.1) is 0 Å². The number of rotatable bonds is 3. The highest BCUT2D eigenvalue weighted by molar-refractivity contribution is 5.44. The van der Waals surface area contributed by atoms with Gasteiger partial charge in [-0.1, -0.05) is 13.8 Å². The van der Waals surface area contributed by atoms with Crippen molar-refractivity contribution in [3.63, 3.8) is 0 Å². The lowest BCUT2D eigenvalue weighted by atomic mass is 9.62. The molecule has 1 aliphatic rings. The first-order chi connectivity index (χ1) is 8.37. The normalized spacial score (nSPS) is 27.2. The van der Waals surface area contributed by atoms with Crippen LogP contribution in [0.4, 0.5) is 0 Å².